The average molecular weight is 305 g/mol. The number of aliphatic hydroxyl groups excluding tert-OH is 1. The number of aliphatic hydroxyl groups is 1. The maximum atomic E-state index is 14.9. The van der Waals surface area contributed by atoms with Gasteiger partial charge in [-0.3, -0.25) is 0 Å². The van der Waals surface area contributed by atoms with Crippen LogP contribution in [0.4, 0.5) is 17.6 Å². The molecule has 2 unspecified atom stereocenters. The predicted molar refractivity (Wildman–Crippen MR) is 69.6 cm³/mol. The topological polar surface area (TPSA) is 45.4 Å². The smallest absolute Gasteiger partial charge is 0.428 e. The van der Waals surface area contributed by atoms with Crippen LogP contribution in [0.15, 0.2) is 34.9 Å². The van der Waals surface area contributed by atoms with Gasteiger partial charge in [0.15, 0.2) is 0 Å². The largest absolute Gasteiger partial charge is 0.464 e. The van der Waals surface area contributed by atoms with E-state index in [1.807, 2.05) is 0 Å². The monoisotopic (exact) mass is 305 g/mol. The molecular weight excluding hydrogens is 290 g/mol. The second kappa shape index (κ2) is 5.65. The van der Waals surface area contributed by atoms with Crippen molar-refractivity contribution >= 4 is 11.0 Å². The number of hydrogen-bond donors (Lipinski definition) is 2. The fourth-order valence-electron chi connectivity index (χ4n) is 2.33. The molecule has 0 saturated carbocycles. The quantitative estimate of drug-likeness (QED) is 0.834. The van der Waals surface area contributed by atoms with Crippen molar-refractivity contribution in [1.82, 2.24) is 5.32 Å². The summed E-state index contributed by atoms with van der Waals surface area (Å²) in [4.78, 5) is 0. The minimum absolute atomic E-state index is 0.0981. The molecule has 1 heterocycles. The number of rotatable bonds is 5. The van der Waals surface area contributed by atoms with Crippen LogP contribution in [0.5, 0.6) is 0 Å². The first-order valence-electron chi connectivity index (χ1n) is 6.42. The van der Waals surface area contributed by atoms with E-state index in [4.69, 9.17) is 9.52 Å². The molecule has 1 aromatic carbocycles. The Labute approximate surface area is 118 Å². The van der Waals surface area contributed by atoms with Crippen molar-refractivity contribution in [2.45, 2.75) is 24.8 Å². The summed E-state index contributed by atoms with van der Waals surface area (Å²) in [6.07, 6.45) is -3.85. The summed E-state index contributed by atoms with van der Waals surface area (Å²) in [6.45, 7) is 0.660. The molecule has 2 N–H and O–H groups in total. The van der Waals surface area contributed by atoms with E-state index in [2.05, 4.69) is 5.32 Å². The lowest BCUT2D eigenvalue weighted by Gasteiger charge is -2.35. The first kappa shape index (κ1) is 15.8. The van der Waals surface area contributed by atoms with Gasteiger partial charge in [-0.1, -0.05) is 13.0 Å². The lowest BCUT2D eigenvalue weighted by atomic mass is 9.87. The summed E-state index contributed by atoms with van der Waals surface area (Å²) >= 11 is 0. The lowest BCUT2D eigenvalue weighted by molar-refractivity contribution is -0.249. The molecule has 21 heavy (non-hydrogen) atoms. The van der Waals surface area contributed by atoms with Crippen LogP contribution in [0, 0.1) is 0 Å². The maximum Gasteiger partial charge on any atom is 0.428 e. The molecular formula is C14H15F4NO2. The fourth-order valence-corrected chi connectivity index (χ4v) is 2.33. The maximum absolute atomic E-state index is 14.9. The van der Waals surface area contributed by atoms with Gasteiger partial charge in [-0.15, -0.1) is 0 Å². The van der Waals surface area contributed by atoms with Crippen molar-refractivity contribution in [2.24, 2.45) is 0 Å². The van der Waals surface area contributed by atoms with Crippen molar-refractivity contribution < 1.29 is 27.1 Å². The van der Waals surface area contributed by atoms with Crippen molar-refractivity contribution in [3.63, 3.8) is 0 Å². The van der Waals surface area contributed by atoms with Crippen LogP contribution in [-0.4, -0.2) is 30.5 Å². The van der Waals surface area contributed by atoms with Crippen LogP contribution >= 0.6 is 0 Å². The van der Waals surface area contributed by atoms with Crippen LogP contribution < -0.4 is 5.32 Å². The molecule has 0 fully saturated rings. The summed E-state index contributed by atoms with van der Waals surface area (Å²) in [5.41, 5.74) is -3.89. The fraction of sp³-hybridized carbons (Fsp3) is 0.429. The van der Waals surface area contributed by atoms with E-state index in [1.54, 1.807) is 6.92 Å². The van der Waals surface area contributed by atoms with E-state index >= 15 is 0 Å². The van der Waals surface area contributed by atoms with Crippen molar-refractivity contribution in [2.75, 3.05) is 13.2 Å². The zero-order chi connectivity index (χ0) is 15.7. The number of furan rings is 1. The van der Waals surface area contributed by atoms with E-state index in [0.29, 0.717) is 11.0 Å². The second-order valence-corrected chi connectivity index (χ2v) is 4.68. The average Bonchev–Trinajstić information content (AvgIpc) is 2.89. The van der Waals surface area contributed by atoms with Crippen molar-refractivity contribution in [3.8, 4) is 0 Å². The first-order valence-corrected chi connectivity index (χ1v) is 6.42. The highest BCUT2D eigenvalue weighted by Crippen LogP contribution is 2.45. The molecule has 3 nitrogen and oxygen atoms in total. The number of alkyl halides is 4. The summed E-state index contributed by atoms with van der Waals surface area (Å²) in [5, 5.41) is 11.9. The lowest BCUT2D eigenvalue weighted by Crippen LogP contribution is -2.56. The summed E-state index contributed by atoms with van der Waals surface area (Å²) in [5.74, 6) is 0. The number of fused-ring (bicyclic) bond motifs is 1. The molecule has 0 saturated heterocycles. The van der Waals surface area contributed by atoms with Gasteiger partial charge in [-0.05, 0) is 24.7 Å². The summed E-state index contributed by atoms with van der Waals surface area (Å²) in [7, 11) is 0. The zero-order valence-corrected chi connectivity index (χ0v) is 11.2. The van der Waals surface area contributed by atoms with Crippen LogP contribution in [-0.2, 0) is 5.67 Å². The van der Waals surface area contributed by atoms with Gasteiger partial charge in [-0.25, -0.2) is 4.39 Å². The molecule has 7 heteroatoms. The number of nitrogens with one attached hydrogen (secondary N) is 1. The Morgan fingerprint density at radius 1 is 1.24 bits per heavy atom. The standard InChI is InChI=1S/C14H15F4NO2/c1-2-19-12(8-20)13(15,14(16,17)18)10-3-4-11-9(7-10)5-6-21-11/h3-7,12,19-20H,2,8H2,1H3. The Morgan fingerprint density at radius 3 is 2.52 bits per heavy atom. The summed E-state index contributed by atoms with van der Waals surface area (Å²) in [6, 6.07) is 3.07. The highest BCUT2D eigenvalue weighted by Gasteiger charge is 2.61. The Morgan fingerprint density at radius 2 is 1.95 bits per heavy atom. The van der Waals surface area contributed by atoms with E-state index in [0.717, 1.165) is 12.1 Å². The number of halogens is 4. The molecule has 0 amide bonds. The van der Waals surface area contributed by atoms with Gasteiger partial charge in [0.25, 0.3) is 0 Å². The third-order valence-electron chi connectivity index (χ3n) is 3.40. The van der Waals surface area contributed by atoms with Crippen LogP contribution in [0.1, 0.15) is 12.5 Å². The molecule has 0 radical (unpaired) electrons. The zero-order valence-electron chi connectivity index (χ0n) is 11.2. The molecule has 0 aliphatic rings. The number of benzene rings is 1. The highest BCUT2D eigenvalue weighted by molar-refractivity contribution is 5.78. The van der Waals surface area contributed by atoms with Gasteiger partial charge in [0.05, 0.1) is 18.9 Å². The second-order valence-electron chi connectivity index (χ2n) is 4.68. The van der Waals surface area contributed by atoms with Gasteiger partial charge < -0.3 is 14.8 Å². The Bertz CT molecular complexity index is 610. The summed E-state index contributed by atoms with van der Waals surface area (Å²) < 4.78 is 60.0. The molecule has 2 aromatic rings. The van der Waals surface area contributed by atoms with Gasteiger partial charge in [-0.2, -0.15) is 13.2 Å². The molecule has 2 rings (SSSR count). The Hall–Kier alpha value is -1.60. The van der Waals surface area contributed by atoms with Crippen LogP contribution in [0.2, 0.25) is 0 Å². The van der Waals surface area contributed by atoms with Crippen molar-refractivity contribution in [1.29, 1.82) is 0 Å². The highest BCUT2D eigenvalue weighted by atomic mass is 19.4. The van der Waals surface area contributed by atoms with Crippen LogP contribution in [0.25, 0.3) is 11.0 Å². The van der Waals surface area contributed by atoms with Crippen LogP contribution in [0.3, 0.4) is 0 Å². The van der Waals surface area contributed by atoms with E-state index in [-0.39, 0.29) is 6.54 Å². The van der Waals surface area contributed by atoms with Gasteiger partial charge >= 0.3 is 6.18 Å². The van der Waals surface area contributed by atoms with Gasteiger partial charge in [0, 0.05) is 10.9 Å². The number of hydrogen-bond acceptors (Lipinski definition) is 3. The predicted octanol–water partition coefficient (Wildman–Crippen LogP) is 3.13. The first-order chi connectivity index (χ1) is 9.84. The van der Waals surface area contributed by atoms with E-state index < -0.39 is 30.1 Å². The van der Waals surface area contributed by atoms with Gasteiger partial charge in [0.2, 0.25) is 5.67 Å². The van der Waals surface area contributed by atoms with Crippen molar-refractivity contribution in [3.05, 3.63) is 36.1 Å². The molecule has 116 valence electrons. The molecule has 1 aromatic heterocycles. The van der Waals surface area contributed by atoms with Gasteiger partial charge in [0.1, 0.15) is 5.58 Å². The molecule has 0 aliphatic carbocycles. The number of likely N-dealkylation sites (N-methyl/N-ethyl adjacent to an activating group) is 1. The Kier molecular flexibility index (Phi) is 4.25. The molecule has 0 aliphatic heterocycles. The molecule has 2 atom stereocenters. The third-order valence-corrected chi connectivity index (χ3v) is 3.40. The Balaban J connectivity index is 2.57. The van der Waals surface area contributed by atoms with E-state index in [1.165, 1.54) is 18.4 Å². The third kappa shape index (κ3) is 2.63. The SMILES string of the molecule is CCNC(CO)C(F)(c1ccc2occc2c1)C(F)(F)F. The molecule has 0 bridgehead atoms. The molecule has 0 spiro atoms. The van der Waals surface area contributed by atoms with E-state index in [9.17, 15) is 17.6 Å². The normalized spacial score (nSPS) is 16.9. The minimum Gasteiger partial charge on any atom is -0.464 e. The minimum atomic E-state index is -5.17.